The molecule has 0 radical (unpaired) electrons. The lowest BCUT2D eigenvalue weighted by Crippen LogP contribution is -2.78. The number of aliphatic hydroxyl groups is 2. The lowest BCUT2D eigenvalue weighted by atomic mass is 9.48. The zero-order valence-electron chi connectivity index (χ0n) is 83.8. The van der Waals surface area contributed by atoms with Gasteiger partial charge in [0, 0.05) is 93.1 Å². The van der Waals surface area contributed by atoms with Crippen LogP contribution in [0.2, 0.25) is 0 Å². The van der Waals surface area contributed by atoms with E-state index in [1.165, 1.54) is 70.5 Å². The lowest BCUT2D eigenvalue weighted by Gasteiger charge is -2.64. The molecule has 35 nitrogen and oxygen atoms in total. The highest BCUT2D eigenvalue weighted by Crippen LogP contribution is 2.77. The first-order valence-electron chi connectivity index (χ1n) is 48.3. The maximum absolute atomic E-state index is 15.7. The number of carbonyl (C=O) groups is 14. The molecule has 2 spiro atoms. The summed E-state index contributed by atoms with van der Waals surface area (Å²) in [4.78, 5) is 198. The molecule has 14 rings (SSSR count). The van der Waals surface area contributed by atoms with Crippen molar-refractivity contribution >= 4 is 127 Å². The molecule has 39 heteroatoms. The van der Waals surface area contributed by atoms with Crippen molar-refractivity contribution in [3.05, 3.63) is 166 Å². The van der Waals surface area contributed by atoms with E-state index in [0.29, 0.717) is 42.1 Å². The molecule has 2 aliphatic heterocycles. The molecule has 4 aromatic carbocycles. The van der Waals surface area contributed by atoms with Crippen molar-refractivity contribution in [1.82, 2.24) is 16.0 Å². The maximum Gasteiger partial charge on any atom is 0.509 e. The molecule has 4 bridgehead atoms. The summed E-state index contributed by atoms with van der Waals surface area (Å²) in [5.41, 5.74) is -14.6. The number of nitrogens with one attached hydrogen (secondary N) is 3. The first kappa shape index (κ1) is 107. The molecule has 0 unspecified atom stereocenters. The Morgan fingerprint density at radius 3 is 1.18 bits per heavy atom. The van der Waals surface area contributed by atoms with E-state index in [1.807, 2.05) is 6.92 Å². The Bertz CT molecular complexity index is 5470. The number of rotatable bonds is 34. The molecular weight excluding hydrogens is 1920 g/mol. The normalized spacial score (nSPS) is 30.0. The van der Waals surface area contributed by atoms with Crippen molar-refractivity contribution in [3.8, 4) is 0 Å². The van der Waals surface area contributed by atoms with Gasteiger partial charge in [-0.05, 0) is 164 Å². The van der Waals surface area contributed by atoms with Crippen LogP contribution >= 0.6 is 43.2 Å². The fourth-order valence-corrected chi connectivity index (χ4v) is 25.9. The van der Waals surface area contributed by atoms with E-state index in [1.54, 1.807) is 191 Å². The van der Waals surface area contributed by atoms with Crippen LogP contribution in [0.5, 0.6) is 0 Å². The Hall–Kier alpha value is -10.3. The second-order valence-corrected chi connectivity index (χ2v) is 45.9. The van der Waals surface area contributed by atoms with E-state index in [2.05, 4.69) is 16.0 Å². The van der Waals surface area contributed by atoms with Crippen LogP contribution in [0, 0.1) is 45.3 Å². The molecule has 2 saturated heterocycles. The van der Waals surface area contributed by atoms with Gasteiger partial charge in [-0.3, -0.25) is 28.8 Å². The average molecular weight is 2050 g/mol. The summed E-state index contributed by atoms with van der Waals surface area (Å²) in [7, 11) is 6.06. The number of amides is 2. The van der Waals surface area contributed by atoms with E-state index in [-0.39, 0.29) is 86.0 Å². The van der Waals surface area contributed by atoms with Crippen LogP contribution in [0.15, 0.2) is 144 Å². The van der Waals surface area contributed by atoms with Gasteiger partial charge in [0.25, 0.3) is 0 Å². The minimum Gasteiger partial charge on any atom is -0.455 e. The van der Waals surface area contributed by atoms with Gasteiger partial charge < -0.3 is 102 Å². The van der Waals surface area contributed by atoms with Crippen LogP contribution in [0.3, 0.4) is 0 Å². The van der Waals surface area contributed by atoms with Crippen LogP contribution in [-0.4, -0.2) is 251 Å². The van der Waals surface area contributed by atoms with Crippen molar-refractivity contribution in [2.24, 2.45) is 45.3 Å². The number of alkyl carbamates (subject to hydrolysis) is 2. The molecule has 6 saturated carbocycles. The number of esters is 8. The van der Waals surface area contributed by atoms with Crippen molar-refractivity contribution in [2.45, 2.75) is 276 Å². The molecule has 0 aromatic heterocycles. The van der Waals surface area contributed by atoms with Crippen LogP contribution < -0.4 is 16.0 Å². The van der Waals surface area contributed by atoms with E-state index in [0.717, 1.165) is 31.8 Å². The Labute approximate surface area is 842 Å². The van der Waals surface area contributed by atoms with Crippen LogP contribution in [0.4, 0.5) is 19.2 Å². The van der Waals surface area contributed by atoms with Gasteiger partial charge in [-0.2, -0.15) is 0 Å². The molecule has 772 valence electrons. The second kappa shape index (κ2) is 44.0. The third-order valence-electron chi connectivity index (χ3n) is 28.5. The predicted molar refractivity (Wildman–Crippen MR) is 518 cm³/mol. The number of hydrogen-bond donors (Lipinski definition) is 5. The van der Waals surface area contributed by atoms with Crippen molar-refractivity contribution in [3.63, 3.8) is 0 Å². The van der Waals surface area contributed by atoms with Gasteiger partial charge >= 0.3 is 72.3 Å². The molecule has 2 amide bonds. The largest absolute Gasteiger partial charge is 0.509 e. The van der Waals surface area contributed by atoms with Gasteiger partial charge in [0.1, 0.15) is 84.3 Å². The van der Waals surface area contributed by atoms with E-state index in [9.17, 15) is 58.2 Å². The summed E-state index contributed by atoms with van der Waals surface area (Å²) in [6.45, 7) is 27.2. The number of hydrogen-bond acceptors (Lipinski definition) is 37. The standard InChI is InChI=1S/C52H66N2O16S2.C51H63NO16S2/c1-10-53-21-23-71-72-24-22-63-47(61)67-40(38(32-17-13-11-14-18-32)54-46(60)70-48(5,6)7)45(59)66-35-27-52(62)43(68-44(58)33-19-15-12-16-20-33)41-50(26-34(50)25-36-51(41,28-64-36)69-31(4)56)42(57)39(65-30(3)55)37(29(35)2)49(52,8)9;1-10-22-69-70-23-21-61-46(59)65-39(37(31-17-13-11-14-18-31)52-45(58)68-47(5,6)7)44(57)64-34-26-51(60)42(66-43(56)32-19-15-12-16-20-32)40-49(25-33(49)24-35-50(40,27-62-35)67-30(4)54)41(55)38(63-29(3)53)36(28(34)2)48(51,8)9/h11-20,34-36,38-41,43,53,62H,10,21-28H2,1-9H3,(H,54,60);11-20,33-35,37-40,42,60H,10,21-27H2,1-9H3,(H,52,58)/t34-,35+,36-,38+,39-,40-,41+,43+,50-,51+,52-;33-,34+,35-,37+,38-,39-,40+,42+,49-,50+,51-/m11/s1/i1T;. The minimum absolute atomic E-state index is 0.0771. The molecule has 5 N–H and O–H groups in total. The average Bonchev–Trinajstić information content (AvgIpc) is 1.49. The van der Waals surface area contributed by atoms with Crippen LogP contribution in [-0.2, 0) is 114 Å². The molecule has 8 aliphatic carbocycles. The zero-order chi connectivity index (χ0) is 104. The summed E-state index contributed by atoms with van der Waals surface area (Å²) in [6.07, 6.45) is -18.7. The number of carbonyl (C=O) groups excluding carboxylic acids is 14. The summed E-state index contributed by atoms with van der Waals surface area (Å²) in [5, 5.41) is 36.4. The molecule has 4 aromatic rings. The Kier molecular flexibility index (Phi) is 33.3. The third-order valence-corrected chi connectivity index (χ3v) is 33.5. The van der Waals surface area contributed by atoms with E-state index >= 15 is 19.2 Å². The number of benzene rings is 4. The summed E-state index contributed by atoms with van der Waals surface area (Å²) >= 11 is 0. The Morgan fingerprint density at radius 1 is 0.486 bits per heavy atom. The fourth-order valence-electron chi connectivity index (χ4n) is 22.2. The summed E-state index contributed by atoms with van der Waals surface area (Å²) in [6, 6.07) is 29.5. The SMILES string of the molecule is CCCSSCCOC(=O)O[C@@H](C(=O)O[C@H]1C[C@@]2(O)[C@@H](OC(=O)c3ccccc3)[C@@H]3[C@]4(OC(C)=O)CO[C@@H]4C[C@@H]4C[C@@]43C(=O)[C@H](OC(C)=O)C(=C1C)C2(C)C)[C@@H](NC(=O)OC(C)(C)C)c1ccccc1.[3H]CCNCCSSCCOC(=O)O[C@@H](C(=O)O[C@H]1C[C@@]2(O)[C@@H](OC(=O)c3ccccc3)[C@@H]3[C@]4(OC(C)=O)CO[C@@H]4C[C@@H]4C[C@@]43C(=O)[C@H](OC(C)=O)C(=C1C)C2(C)C)[C@@H](NC(=O)OC(C)(C)C)c1ccccc1. The minimum atomic E-state index is -2.33. The van der Waals surface area contributed by atoms with Gasteiger partial charge in [-0.25, -0.2) is 38.4 Å². The van der Waals surface area contributed by atoms with Crippen molar-refractivity contribution < 1.29 is 154 Å². The monoisotopic (exact) mass is 2050 g/mol. The van der Waals surface area contributed by atoms with Crippen molar-refractivity contribution in [1.29, 1.82) is 0 Å². The fraction of sp³-hybridized carbons (Fsp3) is 0.592. The number of ether oxygens (including phenoxy) is 16. The predicted octanol–water partition coefficient (Wildman–Crippen LogP) is 14.0. The molecule has 10 aliphatic rings. The highest BCUT2D eigenvalue weighted by Gasteiger charge is 2.86. The maximum atomic E-state index is 15.7. The van der Waals surface area contributed by atoms with Gasteiger partial charge in [-0.1, -0.05) is 182 Å². The molecule has 142 heavy (non-hydrogen) atoms. The first-order chi connectivity index (χ1) is 67.5. The van der Waals surface area contributed by atoms with Crippen molar-refractivity contribution in [2.75, 3.05) is 62.5 Å². The lowest BCUT2D eigenvalue weighted by molar-refractivity contribution is -0.323. The number of fused-ring (bicyclic) bond motifs is 8. The van der Waals surface area contributed by atoms with Gasteiger partial charge in [0.15, 0.2) is 35.0 Å². The summed E-state index contributed by atoms with van der Waals surface area (Å²) in [5.74, 6) is -9.35. The second-order valence-electron chi connectivity index (χ2n) is 40.5. The van der Waals surface area contributed by atoms with Crippen LogP contribution in [0.25, 0.3) is 0 Å². The van der Waals surface area contributed by atoms with Gasteiger partial charge in [-0.15, -0.1) is 0 Å². The molecule has 8 fully saturated rings. The zero-order valence-corrected chi connectivity index (χ0v) is 86.1. The van der Waals surface area contributed by atoms with Gasteiger partial charge in [0.2, 0.25) is 12.2 Å². The highest BCUT2D eigenvalue weighted by molar-refractivity contribution is 8.77. The smallest absolute Gasteiger partial charge is 0.455 e. The third kappa shape index (κ3) is 22.4. The van der Waals surface area contributed by atoms with Gasteiger partial charge in [0.05, 0.1) is 36.2 Å². The number of Topliss-reactive ketones (excluding diaryl/α,β-unsaturated/α-hetero) is 2. The van der Waals surface area contributed by atoms with E-state index in [4.69, 9.17) is 77.2 Å². The van der Waals surface area contributed by atoms with E-state index < -0.39 is 249 Å². The quantitative estimate of drug-likeness (QED) is 0.00953. The summed E-state index contributed by atoms with van der Waals surface area (Å²) < 4.78 is 103. The molecular formula is C103H129N3O32S4. The topological polar surface area (TPSA) is 463 Å². The Balaban J connectivity index is 0.000000240. The molecule has 2 heterocycles. The van der Waals surface area contributed by atoms with Crippen LogP contribution in [0.1, 0.15) is 215 Å². The number of ketones is 2. The molecule has 22 atom stereocenters. The first-order valence-corrected chi connectivity index (χ1v) is 52.6. The Morgan fingerprint density at radius 2 is 0.845 bits per heavy atom. The highest BCUT2D eigenvalue weighted by atomic mass is 33.1.